The first-order valence-electron chi connectivity index (χ1n) is 8.88. The monoisotopic (exact) mass is 370 g/mol. The van der Waals surface area contributed by atoms with E-state index in [0.717, 1.165) is 17.5 Å². The van der Waals surface area contributed by atoms with Crippen LogP contribution in [0.2, 0.25) is 5.02 Å². The molecule has 2 N–H and O–H groups in total. The van der Waals surface area contributed by atoms with E-state index in [1.54, 1.807) is 0 Å². The van der Waals surface area contributed by atoms with Crippen molar-refractivity contribution in [1.82, 2.24) is 10.6 Å². The number of carbonyl (C=O) groups excluding carboxylic acids is 2. The van der Waals surface area contributed by atoms with Crippen molar-refractivity contribution in [2.24, 2.45) is 11.8 Å². The first-order valence-corrected chi connectivity index (χ1v) is 9.26. The second-order valence-electron chi connectivity index (χ2n) is 6.82. The van der Waals surface area contributed by atoms with Crippen molar-refractivity contribution in [3.05, 3.63) is 70.2 Å². The van der Waals surface area contributed by atoms with Crippen molar-refractivity contribution < 1.29 is 9.59 Å². The lowest BCUT2D eigenvalue weighted by Crippen LogP contribution is -2.31. The van der Waals surface area contributed by atoms with Gasteiger partial charge in [-0.3, -0.25) is 9.59 Å². The third-order valence-electron chi connectivity index (χ3n) is 4.64. The van der Waals surface area contributed by atoms with Gasteiger partial charge in [0.2, 0.25) is 11.8 Å². The van der Waals surface area contributed by atoms with Crippen LogP contribution in [0.25, 0.3) is 0 Å². The maximum atomic E-state index is 12.2. The van der Waals surface area contributed by atoms with Crippen LogP contribution in [-0.4, -0.2) is 18.4 Å². The molecular formula is C21H23ClN2O2. The van der Waals surface area contributed by atoms with Gasteiger partial charge >= 0.3 is 0 Å². The number of nitrogens with one attached hydrogen (secondary N) is 2. The minimum atomic E-state index is -0.199. The zero-order valence-corrected chi connectivity index (χ0v) is 15.6. The molecule has 3 rings (SSSR count). The molecule has 0 aromatic heterocycles. The van der Waals surface area contributed by atoms with Gasteiger partial charge in [0, 0.05) is 18.1 Å². The number of halogens is 1. The Hall–Kier alpha value is -2.33. The molecule has 26 heavy (non-hydrogen) atoms. The van der Waals surface area contributed by atoms with Crippen molar-refractivity contribution >= 4 is 23.4 Å². The molecule has 5 heteroatoms. The van der Waals surface area contributed by atoms with Crippen molar-refractivity contribution in [1.29, 1.82) is 0 Å². The normalized spacial score (nSPS) is 18.2. The molecule has 1 fully saturated rings. The smallest absolute Gasteiger partial charge is 0.224 e. The van der Waals surface area contributed by atoms with Gasteiger partial charge in [0.25, 0.3) is 0 Å². The molecule has 1 aliphatic rings. The van der Waals surface area contributed by atoms with E-state index in [9.17, 15) is 9.59 Å². The van der Waals surface area contributed by atoms with E-state index in [-0.39, 0.29) is 23.7 Å². The van der Waals surface area contributed by atoms with Gasteiger partial charge in [-0.1, -0.05) is 53.6 Å². The van der Waals surface area contributed by atoms with E-state index in [0.29, 0.717) is 24.5 Å². The summed E-state index contributed by atoms with van der Waals surface area (Å²) < 4.78 is 0. The van der Waals surface area contributed by atoms with Crippen LogP contribution in [0, 0.1) is 18.8 Å². The molecule has 2 aromatic rings. The SMILES string of the molecule is Cc1cccc(CNC(=O)C2CC2C(=O)NCCc2ccc(Cl)cc2)c1. The van der Waals surface area contributed by atoms with Crippen LogP contribution in [0.3, 0.4) is 0 Å². The Kier molecular flexibility index (Phi) is 5.94. The minimum absolute atomic E-state index is 0.0327. The highest BCUT2D eigenvalue weighted by atomic mass is 35.5. The molecule has 4 nitrogen and oxygen atoms in total. The second kappa shape index (κ2) is 8.37. The summed E-state index contributed by atoms with van der Waals surface area (Å²) in [5.74, 6) is -0.466. The topological polar surface area (TPSA) is 58.2 Å². The van der Waals surface area contributed by atoms with Crippen molar-refractivity contribution in [3.8, 4) is 0 Å². The number of hydrogen-bond donors (Lipinski definition) is 2. The van der Waals surface area contributed by atoms with Crippen molar-refractivity contribution in [2.45, 2.75) is 26.3 Å². The summed E-state index contributed by atoms with van der Waals surface area (Å²) >= 11 is 5.86. The Balaban J connectivity index is 1.37. The molecule has 2 amide bonds. The summed E-state index contributed by atoms with van der Waals surface area (Å²) in [5.41, 5.74) is 3.36. The van der Waals surface area contributed by atoms with Crippen LogP contribution in [-0.2, 0) is 22.6 Å². The van der Waals surface area contributed by atoms with Gasteiger partial charge in [0.15, 0.2) is 0 Å². The molecule has 0 spiro atoms. The molecular weight excluding hydrogens is 348 g/mol. The Morgan fingerprint density at radius 1 is 1.00 bits per heavy atom. The van der Waals surface area contributed by atoms with Crippen LogP contribution >= 0.6 is 11.6 Å². The molecule has 0 saturated heterocycles. The largest absolute Gasteiger partial charge is 0.356 e. The van der Waals surface area contributed by atoms with E-state index in [2.05, 4.69) is 10.6 Å². The summed E-state index contributed by atoms with van der Waals surface area (Å²) in [6.07, 6.45) is 1.38. The Labute approximate surface area is 158 Å². The lowest BCUT2D eigenvalue weighted by molar-refractivity contribution is -0.127. The summed E-state index contributed by atoms with van der Waals surface area (Å²) in [7, 11) is 0. The number of rotatable bonds is 7. The molecule has 1 saturated carbocycles. The van der Waals surface area contributed by atoms with Gasteiger partial charge in [0.1, 0.15) is 0 Å². The minimum Gasteiger partial charge on any atom is -0.356 e. The predicted octanol–water partition coefficient (Wildman–Crippen LogP) is 3.26. The zero-order chi connectivity index (χ0) is 18.5. The third-order valence-corrected chi connectivity index (χ3v) is 4.89. The third kappa shape index (κ3) is 5.09. The summed E-state index contributed by atoms with van der Waals surface area (Å²) in [6, 6.07) is 15.6. The average Bonchev–Trinajstić information content (AvgIpc) is 3.42. The number of aryl methyl sites for hydroxylation is 1. The fraction of sp³-hybridized carbons (Fsp3) is 0.333. The fourth-order valence-electron chi connectivity index (χ4n) is 3.03. The van der Waals surface area contributed by atoms with E-state index in [4.69, 9.17) is 11.6 Å². The number of benzene rings is 2. The molecule has 0 aliphatic heterocycles. The number of carbonyl (C=O) groups is 2. The second-order valence-corrected chi connectivity index (χ2v) is 7.26. The van der Waals surface area contributed by atoms with E-state index in [1.807, 2.05) is 55.5 Å². The van der Waals surface area contributed by atoms with Crippen LogP contribution < -0.4 is 10.6 Å². The molecule has 0 heterocycles. The molecule has 2 atom stereocenters. The van der Waals surface area contributed by atoms with Gasteiger partial charge in [-0.15, -0.1) is 0 Å². The van der Waals surface area contributed by atoms with Crippen LogP contribution in [0.15, 0.2) is 48.5 Å². The van der Waals surface area contributed by atoms with E-state index in [1.165, 1.54) is 5.56 Å². The van der Waals surface area contributed by atoms with Gasteiger partial charge < -0.3 is 10.6 Å². The van der Waals surface area contributed by atoms with Crippen molar-refractivity contribution in [2.75, 3.05) is 6.54 Å². The lowest BCUT2D eigenvalue weighted by Gasteiger charge is -2.07. The standard InChI is InChI=1S/C21H23ClN2O2/c1-14-3-2-4-16(11-14)13-24-21(26)19-12-18(19)20(25)23-10-9-15-5-7-17(22)8-6-15/h2-8,11,18-19H,9-10,12-13H2,1H3,(H,23,25)(H,24,26). The Bertz CT molecular complexity index is 789. The molecule has 2 unspecified atom stereocenters. The Morgan fingerprint density at radius 3 is 2.38 bits per heavy atom. The summed E-state index contributed by atoms with van der Waals surface area (Å²) in [6.45, 7) is 3.09. The molecule has 0 radical (unpaired) electrons. The Morgan fingerprint density at radius 2 is 1.69 bits per heavy atom. The molecule has 136 valence electrons. The highest BCUT2D eigenvalue weighted by Crippen LogP contribution is 2.38. The first kappa shape index (κ1) is 18.5. The quantitative estimate of drug-likeness (QED) is 0.786. The van der Waals surface area contributed by atoms with Gasteiger partial charge in [-0.2, -0.15) is 0 Å². The highest BCUT2D eigenvalue weighted by molar-refractivity contribution is 6.30. The maximum Gasteiger partial charge on any atom is 0.224 e. The van der Waals surface area contributed by atoms with E-state index < -0.39 is 0 Å². The van der Waals surface area contributed by atoms with Crippen LogP contribution in [0.5, 0.6) is 0 Å². The summed E-state index contributed by atoms with van der Waals surface area (Å²) in [5, 5.41) is 6.55. The van der Waals surface area contributed by atoms with E-state index >= 15 is 0 Å². The first-order chi connectivity index (χ1) is 12.5. The van der Waals surface area contributed by atoms with Gasteiger partial charge in [-0.05, 0) is 43.0 Å². The van der Waals surface area contributed by atoms with Crippen LogP contribution in [0.4, 0.5) is 0 Å². The van der Waals surface area contributed by atoms with Crippen LogP contribution in [0.1, 0.15) is 23.1 Å². The van der Waals surface area contributed by atoms with Gasteiger partial charge in [0.05, 0.1) is 11.8 Å². The highest BCUT2D eigenvalue weighted by Gasteiger charge is 2.47. The lowest BCUT2D eigenvalue weighted by atomic mass is 10.1. The fourth-order valence-corrected chi connectivity index (χ4v) is 3.16. The molecule has 1 aliphatic carbocycles. The summed E-state index contributed by atoms with van der Waals surface area (Å²) in [4.78, 5) is 24.4. The van der Waals surface area contributed by atoms with Gasteiger partial charge in [-0.25, -0.2) is 0 Å². The maximum absolute atomic E-state index is 12.2. The zero-order valence-electron chi connectivity index (χ0n) is 14.8. The average molecular weight is 371 g/mol. The number of amides is 2. The molecule has 0 bridgehead atoms. The van der Waals surface area contributed by atoms with Crippen molar-refractivity contribution in [3.63, 3.8) is 0 Å². The number of hydrogen-bond acceptors (Lipinski definition) is 2. The molecule has 2 aromatic carbocycles. The predicted molar refractivity (Wildman–Crippen MR) is 103 cm³/mol.